The lowest BCUT2D eigenvalue weighted by Crippen LogP contribution is -2.34. The second kappa shape index (κ2) is 4.98. The fourth-order valence-electron chi connectivity index (χ4n) is 2.74. The average molecular weight is 293 g/mol. The maximum Gasteiger partial charge on any atom is 0.150 e. The lowest BCUT2D eigenvalue weighted by atomic mass is 10.00. The van der Waals surface area contributed by atoms with Gasteiger partial charge in [0.05, 0.1) is 6.04 Å². The SMILES string of the molecule is CC1c2ccsc2CCN1c1c(F)cc(C=O)cc1F. The maximum absolute atomic E-state index is 14.1. The highest BCUT2D eigenvalue weighted by atomic mass is 32.1. The number of benzene rings is 1. The molecule has 1 atom stereocenters. The summed E-state index contributed by atoms with van der Waals surface area (Å²) < 4.78 is 28.2. The molecule has 2 heterocycles. The topological polar surface area (TPSA) is 20.3 Å². The van der Waals surface area contributed by atoms with Crippen LogP contribution < -0.4 is 4.90 Å². The minimum atomic E-state index is -0.683. The van der Waals surface area contributed by atoms with Gasteiger partial charge in [-0.3, -0.25) is 4.79 Å². The summed E-state index contributed by atoms with van der Waals surface area (Å²) in [6.45, 7) is 2.51. The smallest absolute Gasteiger partial charge is 0.150 e. The van der Waals surface area contributed by atoms with E-state index >= 15 is 0 Å². The summed E-state index contributed by atoms with van der Waals surface area (Å²) in [4.78, 5) is 13.7. The molecule has 0 spiro atoms. The molecular formula is C15H13F2NOS. The van der Waals surface area contributed by atoms with Gasteiger partial charge in [0, 0.05) is 17.0 Å². The van der Waals surface area contributed by atoms with Gasteiger partial charge in [-0.25, -0.2) is 8.78 Å². The van der Waals surface area contributed by atoms with Crippen molar-refractivity contribution in [3.05, 3.63) is 51.2 Å². The van der Waals surface area contributed by atoms with Crippen molar-refractivity contribution in [1.82, 2.24) is 0 Å². The molecule has 104 valence electrons. The summed E-state index contributed by atoms with van der Waals surface area (Å²) in [5.41, 5.74) is 1.10. The van der Waals surface area contributed by atoms with E-state index in [0.29, 0.717) is 12.8 Å². The first-order chi connectivity index (χ1) is 9.61. The Bertz CT molecular complexity index is 645. The Morgan fingerprint density at radius 1 is 1.35 bits per heavy atom. The van der Waals surface area contributed by atoms with Crippen LogP contribution in [0.3, 0.4) is 0 Å². The number of thiophene rings is 1. The Morgan fingerprint density at radius 3 is 2.70 bits per heavy atom. The van der Waals surface area contributed by atoms with Gasteiger partial charge in [0.2, 0.25) is 0 Å². The molecule has 2 aromatic rings. The zero-order valence-electron chi connectivity index (χ0n) is 10.9. The van der Waals surface area contributed by atoms with Crippen LogP contribution in [0, 0.1) is 11.6 Å². The van der Waals surface area contributed by atoms with Crippen LogP contribution in [0.4, 0.5) is 14.5 Å². The first-order valence-corrected chi connectivity index (χ1v) is 7.27. The van der Waals surface area contributed by atoms with Gasteiger partial charge in [-0.05, 0) is 42.5 Å². The minimum Gasteiger partial charge on any atom is -0.360 e. The third kappa shape index (κ3) is 2.02. The molecule has 0 bridgehead atoms. The highest BCUT2D eigenvalue weighted by Gasteiger charge is 2.28. The van der Waals surface area contributed by atoms with Crippen molar-refractivity contribution < 1.29 is 13.6 Å². The van der Waals surface area contributed by atoms with Crippen LogP contribution in [0.25, 0.3) is 0 Å². The van der Waals surface area contributed by atoms with E-state index in [9.17, 15) is 13.6 Å². The van der Waals surface area contributed by atoms with Crippen LogP contribution in [-0.2, 0) is 6.42 Å². The fourth-order valence-corrected chi connectivity index (χ4v) is 3.71. The van der Waals surface area contributed by atoms with Crippen LogP contribution >= 0.6 is 11.3 Å². The number of hydrogen-bond acceptors (Lipinski definition) is 3. The second-order valence-corrected chi connectivity index (χ2v) is 5.87. The second-order valence-electron chi connectivity index (χ2n) is 4.87. The average Bonchev–Trinajstić information content (AvgIpc) is 2.89. The molecule has 1 aromatic carbocycles. The molecule has 1 aromatic heterocycles. The Morgan fingerprint density at radius 2 is 2.05 bits per heavy atom. The summed E-state index contributed by atoms with van der Waals surface area (Å²) in [5, 5.41) is 2.01. The number of hydrogen-bond donors (Lipinski definition) is 0. The normalized spacial score (nSPS) is 17.9. The molecule has 0 aliphatic carbocycles. The minimum absolute atomic E-state index is 0.0182. The quantitative estimate of drug-likeness (QED) is 0.781. The van der Waals surface area contributed by atoms with Crippen LogP contribution in [0.5, 0.6) is 0 Å². The molecule has 1 unspecified atom stereocenters. The van der Waals surface area contributed by atoms with E-state index in [2.05, 4.69) is 0 Å². The molecule has 3 rings (SSSR count). The van der Waals surface area contributed by atoms with Crippen LogP contribution in [-0.4, -0.2) is 12.8 Å². The van der Waals surface area contributed by atoms with Crippen molar-refractivity contribution in [2.75, 3.05) is 11.4 Å². The number of halogens is 2. The predicted octanol–water partition coefficient (Wildman–Crippen LogP) is 3.96. The van der Waals surface area contributed by atoms with Crippen molar-refractivity contribution in [2.45, 2.75) is 19.4 Å². The highest BCUT2D eigenvalue weighted by Crippen LogP contribution is 2.38. The van der Waals surface area contributed by atoms with E-state index in [1.54, 1.807) is 16.2 Å². The van der Waals surface area contributed by atoms with Crippen molar-refractivity contribution in [3.63, 3.8) is 0 Å². The fraction of sp³-hybridized carbons (Fsp3) is 0.267. The number of fused-ring (bicyclic) bond motifs is 1. The monoisotopic (exact) mass is 293 g/mol. The number of anilines is 1. The molecule has 1 aliphatic rings. The van der Waals surface area contributed by atoms with Crippen molar-refractivity contribution in [3.8, 4) is 0 Å². The van der Waals surface area contributed by atoms with Crippen molar-refractivity contribution in [1.29, 1.82) is 0 Å². The molecule has 0 fully saturated rings. The molecule has 5 heteroatoms. The lowest BCUT2D eigenvalue weighted by Gasteiger charge is -2.35. The predicted molar refractivity (Wildman–Crippen MR) is 75.5 cm³/mol. The molecule has 0 saturated heterocycles. The Balaban J connectivity index is 2.04. The van der Waals surface area contributed by atoms with Crippen molar-refractivity contribution in [2.24, 2.45) is 0 Å². The largest absolute Gasteiger partial charge is 0.360 e. The van der Waals surface area contributed by atoms with Gasteiger partial charge >= 0.3 is 0 Å². The van der Waals surface area contributed by atoms with Gasteiger partial charge in [-0.1, -0.05) is 0 Å². The number of carbonyl (C=O) groups is 1. The van der Waals surface area contributed by atoms with Gasteiger partial charge in [0.15, 0.2) is 0 Å². The highest BCUT2D eigenvalue weighted by molar-refractivity contribution is 7.10. The number of rotatable bonds is 2. The molecule has 2 nitrogen and oxygen atoms in total. The number of carbonyl (C=O) groups excluding carboxylic acids is 1. The zero-order chi connectivity index (χ0) is 14.3. The van der Waals surface area contributed by atoms with E-state index in [1.165, 1.54) is 4.88 Å². The maximum atomic E-state index is 14.1. The van der Waals surface area contributed by atoms with E-state index < -0.39 is 11.6 Å². The van der Waals surface area contributed by atoms with Crippen LogP contribution in [0.15, 0.2) is 23.6 Å². The number of nitrogens with zero attached hydrogens (tertiary/aromatic N) is 1. The molecule has 0 N–H and O–H groups in total. The van der Waals surface area contributed by atoms with Crippen LogP contribution in [0.1, 0.15) is 33.8 Å². The Kier molecular flexibility index (Phi) is 3.30. The molecule has 0 amide bonds. The van der Waals surface area contributed by atoms with Gasteiger partial charge in [0.25, 0.3) is 0 Å². The van der Waals surface area contributed by atoms with E-state index in [0.717, 1.165) is 24.1 Å². The van der Waals surface area contributed by atoms with Crippen LogP contribution in [0.2, 0.25) is 0 Å². The Hall–Kier alpha value is -1.75. The Labute approximate surface area is 119 Å². The van der Waals surface area contributed by atoms with Gasteiger partial charge in [-0.2, -0.15) is 0 Å². The van der Waals surface area contributed by atoms with Gasteiger partial charge in [-0.15, -0.1) is 11.3 Å². The summed E-state index contributed by atoms with van der Waals surface area (Å²) in [6, 6.07) is 4.10. The molecule has 1 aliphatic heterocycles. The molecule has 20 heavy (non-hydrogen) atoms. The standard InChI is InChI=1S/C15H13F2NOS/c1-9-11-3-5-20-14(11)2-4-18(9)15-12(16)6-10(8-19)7-13(15)17/h3,5-9H,2,4H2,1H3. The van der Waals surface area contributed by atoms with E-state index in [4.69, 9.17) is 0 Å². The van der Waals surface area contributed by atoms with Crippen molar-refractivity contribution >= 4 is 23.3 Å². The molecular weight excluding hydrogens is 280 g/mol. The summed E-state index contributed by atoms with van der Waals surface area (Å²) in [5.74, 6) is -1.37. The first-order valence-electron chi connectivity index (χ1n) is 6.39. The first kappa shape index (κ1) is 13.2. The van der Waals surface area contributed by atoms with E-state index in [-0.39, 0.29) is 17.3 Å². The number of aldehydes is 1. The summed E-state index contributed by atoms with van der Waals surface area (Å²) in [7, 11) is 0. The summed E-state index contributed by atoms with van der Waals surface area (Å²) in [6.07, 6.45) is 1.23. The molecule has 0 saturated carbocycles. The molecule has 0 radical (unpaired) electrons. The zero-order valence-corrected chi connectivity index (χ0v) is 11.7. The third-order valence-corrected chi connectivity index (χ3v) is 4.74. The lowest BCUT2D eigenvalue weighted by molar-refractivity contribution is 0.112. The van der Waals surface area contributed by atoms with E-state index in [1.807, 2.05) is 18.4 Å². The van der Waals surface area contributed by atoms with Gasteiger partial charge < -0.3 is 4.90 Å². The third-order valence-electron chi connectivity index (χ3n) is 3.74. The summed E-state index contributed by atoms with van der Waals surface area (Å²) >= 11 is 1.68. The van der Waals surface area contributed by atoms with Gasteiger partial charge in [0.1, 0.15) is 23.6 Å².